The third-order valence-corrected chi connectivity index (χ3v) is 2.91. The summed E-state index contributed by atoms with van der Waals surface area (Å²) in [5.74, 6) is -1.19. The SMILES string of the molecule is O=C(Nc1ccc([N+](=O)[O-])c(C(F)(F)F)c1)c1ccccc1O. The third kappa shape index (κ3) is 3.57. The molecule has 0 saturated heterocycles. The Kier molecular flexibility index (Phi) is 4.21. The number of hydrogen-bond acceptors (Lipinski definition) is 4. The van der Waals surface area contributed by atoms with Crippen molar-refractivity contribution in [2.24, 2.45) is 0 Å². The van der Waals surface area contributed by atoms with Crippen LogP contribution < -0.4 is 5.32 Å². The summed E-state index contributed by atoms with van der Waals surface area (Å²) in [5.41, 5.74) is -3.01. The lowest BCUT2D eigenvalue weighted by Gasteiger charge is -2.11. The summed E-state index contributed by atoms with van der Waals surface area (Å²) in [4.78, 5) is 21.4. The lowest BCUT2D eigenvalue weighted by atomic mass is 10.1. The van der Waals surface area contributed by atoms with E-state index in [2.05, 4.69) is 5.32 Å². The summed E-state index contributed by atoms with van der Waals surface area (Å²) in [7, 11) is 0. The summed E-state index contributed by atoms with van der Waals surface area (Å²) in [6, 6.07) is 7.56. The first-order valence-corrected chi connectivity index (χ1v) is 6.15. The van der Waals surface area contributed by atoms with Crippen molar-refractivity contribution >= 4 is 17.3 Å². The Hall–Kier alpha value is -3.10. The first-order chi connectivity index (χ1) is 10.7. The summed E-state index contributed by atoms with van der Waals surface area (Å²) in [5, 5.41) is 22.3. The first-order valence-electron chi connectivity index (χ1n) is 6.15. The predicted octanol–water partition coefficient (Wildman–Crippen LogP) is 3.57. The quantitative estimate of drug-likeness (QED) is 0.666. The number of hydrogen-bond donors (Lipinski definition) is 2. The van der Waals surface area contributed by atoms with Crippen LogP contribution in [0.1, 0.15) is 15.9 Å². The van der Waals surface area contributed by atoms with Gasteiger partial charge in [0.2, 0.25) is 0 Å². The van der Waals surface area contributed by atoms with Crippen LogP contribution in [0.15, 0.2) is 42.5 Å². The van der Waals surface area contributed by atoms with Gasteiger partial charge in [0.25, 0.3) is 11.6 Å². The molecule has 0 aliphatic carbocycles. The van der Waals surface area contributed by atoms with E-state index >= 15 is 0 Å². The highest BCUT2D eigenvalue weighted by molar-refractivity contribution is 6.06. The van der Waals surface area contributed by atoms with Gasteiger partial charge in [-0.05, 0) is 24.3 Å². The topological polar surface area (TPSA) is 92.5 Å². The highest BCUT2D eigenvalue weighted by atomic mass is 19.4. The first kappa shape index (κ1) is 16.3. The maximum absolute atomic E-state index is 12.9. The van der Waals surface area contributed by atoms with Crippen LogP contribution in [0.2, 0.25) is 0 Å². The molecule has 2 N–H and O–H groups in total. The Bertz CT molecular complexity index is 775. The van der Waals surface area contributed by atoms with Crippen LogP contribution in [-0.4, -0.2) is 15.9 Å². The van der Waals surface area contributed by atoms with Crippen molar-refractivity contribution in [1.82, 2.24) is 0 Å². The number of phenols is 1. The molecule has 0 atom stereocenters. The van der Waals surface area contributed by atoms with Gasteiger partial charge in [-0.3, -0.25) is 14.9 Å². The molecule has 0 bridgehead atoms. The zero-order chi connectivity index (χ0) is 17.2. The number of aromatic hydroxyl groups is 1. The van der Waals surface area contributed by atoms with Gasteiger partial charge in [0.05, 0.1) is 10.5 Å². The Morgan fingerprint density at radius 2 is 1.83 bits per heavy atom. The van der Waals surface area contributed by atoms with E-state index in [1.54, 1.807) is 0 Å². The molecular weight excluding hydrogens is 317 g/mol. The van der Waals surface area contributed by atoms with Gasteiger partial charge in [0.1, 0.15) is 11.3 Å². The van der Waals surface area contributed by atoms with Gasteiger partial charge in [-0.15, -0.1) is 0 Å². The number of amides is 1. The lowest BCUT2D eigenvalue weighted by molar-refractivity contribution is -0.388. The molecule has 2 rings (SSSR count). The minimum atomic E-state index is -4.95. The predicted molar refractivity (Wildman–Crippen MR) is 74.2 cm³/mol. The Morgan fingerprint density at radius 3 is 2.39 bits per heavy atom. The van der Waals surface area contributed by atoms with Gasteiger partial charge in [-0.2, -0.15) is 13.2 Å². The second-order valence-corrected chi connectivity index (χ2v) is 4.46. The Labute approximate surface area is 127 Å². The van der Waals surface area contributed by atoms with Crippen molar-refractivity contribution in [3.8, 4) is 5.75 Å². The fourth-order valence-corrected chi connectivity index (χ4v) is 1.86. The monoisotopic (exact) mass is 326 g/mol. The molecule has 0 saturated carbocycles. The number of nitrogens with zero attached hydrogens (tertiary/aromatic N) is 1. The number of alkyl halides is 3. The number of nitrogens with one attached hydrogen (secondary N) is 1. The van der Waals surface area contributed by atoms with E-state index in [4.69, 9.17) is 0 Å². The van der Waals surface area contributed by atoms with Crippen molar-refractivity contribution < 1.29 is 28.0 Å². The van der Waals surface area contributed by atoms with Crippen molar-refractivity contribution in [1.29, 1.82) is 0 Å². The number of phenolic OH excluding ortho intramolecular Hbond substituents is 1. The van der Waals surface area contributed by atoms with Crippen molar-refractivity contribution in [3.63, 3.8) is 0 Å². The largest absolute Gasteiger partial charge is 0.507 e. The van der Waals surface area contributed by atoms with Crippen molar-refractivity contribution in [2.45, 2.75) is 6.18 Å². The molecule has 0 fully saturated rings. The van der Waals surface area contributed by atoms with Crippen molar-refractivity contribution in [2.75, 3.05) is 5.32 Å². The smallest absolute Gasteiger partial charge is 0.423 e. The Morgan fingerprint density at radius 1 is 1.17 bits per heavy atom. The van der Waals surface area contributed by atoms with E-state index in [1.807, 2.05) is 0 Å². The molecule has 0 aliphatic rings. The van der Waals surface area contributed by atoms with Gasteiger partial charge in [-0.1, -0.05) is 12.1 Å². The molecule has 9 heteroatoms. The van der Waals surface area contributed by atoms with E-state index in [0.29, 0.717) is 12.1 Å². The third-order valence-electron chi connectivity index (χ3n) is 2.91. The molecular formula is C14H9F3N2O4. The average molecular weight is 326 g/mol. The standard InChI is InChI=1S/C14H9F3N2O4/c15-14(16,17)10-7-8(5-6-11(10)19(22)23)18-13(21)9-3-1-2-4-12(9)20/h1-7,20H,(H,18,21). The molecule has 1 amide bonds. The molecule has 2 aromatic rings. The summed E-state index contributed by atoms with van der Waals surface area (Å²) < 4.78 is 38.6. The number of anilines is 1. The number of carbonyl (C=O) groups is 1. The molecule has 0 unspecified atom stereocenters. The van der Waals surface area contributed by atoms with Crippen LogP contribution in [0.4, 0.5) is 24.5 Å². The number of nitro benzene ring substituents is 1. The van der Waals surface area contributed by atoms with Crippen LogP contribution in [0.3, 0.4) is 0 Å². The summed E-state index contributed by atoms with van der Waals surface area (Å²) >= 11 is 0. The van der Waals surface area contributed by atoms with Gasteiger partial charge in [-0.25, -0.2) is 0 Å². The Balaban J connectivity index is 2.36. The fraction of sp³-hybridized carbons (Fsp3) is 0.0714. The molecule has 0 aromatic heterocycles. The molecule has 120 valence electrons. The average Bonchev–Trinajstić information content (AvgIpc) is 2.46. The van der Waals surface area contributed by atoms with E-state index in [9.17, 15) is 33.2 Å². The molecule has 0 heterocycles. The zero-order valence-electron chi connectivity index (χ0n) is 11.3. The van der Waals surface area contributed by atoms with E-state index < -0.39 is 28.3 Å². The summed E-state index contributed by atoms with van der Waals surface area (Å²) in [6.45, 7) is 0. The van der Waals surface area contributed by atoms with Crippen molar-refractivity contribution in [3.05, 3.63) is 63.7 Å². The zero-order valence-corrected chi connectivity index (χ0v) is 11.3. The van der Waals surface area contributed by atoms with Crippen LogP contribution in [0.25, 0.3) is 0 Å². The van der Waals surface area contributed by atoms with Crippen LogP contribution in [-0.2, 0) is 6.18 Å². The van der Waals surface area contributed by atoms with Crippen LogP contribution in [0, 0.1) is 10.1 Å². The number of para-hydroxylation sites is 1. The highest BCUT2D eigenvalue weighted by Crippen LogP contribution is 2.37. The van der Waals surface area contributed by atoms with Gasteiger partial charge in [0.15, 0.2) is 0 Å². The van der Waals surface area contributed by atoms with Gasteiger partial charge >= 0.3 is 6.18 Å². The van der Waals surface area contributed by atoms with Gasteiger partial charge < -0.3 is 10.4 Å². The second kappa shape index (κ2) is 5.95. The minimum Gasteiger partial charge on any atom is -0.507 e. The minimum absolute atomic E-state index is 0.139. The molecule has 23 heavy (non-hydrogen) atoms. The van der Waals surface area contributed by atoms with Gasteiger partial charge in [0, 0.05) is 11.8 Å². The fourth-order valence-electron chi connectivity index (χ4n) is 1.86. The molecule has 0 spiro atoms. The lowest BCUT2D eigenvalue weighted by Crippen LogP contribution is -2.14. The van der Waals surface area contributed by atoms with E-state index in [1.165, 1.54) is 24.3 Å². The van der Waals surface area contributed by atoms with E-state index in [-0.39, 0.29) is 17.0 Å². The second-order valence-electron chi connectivity index (χ2n) is 4.46. The molecule has 2 aromatic carbocycles. The summed E-state index contributed by atoms with van der Waals surface area (Å²) in [6.07, 6.45) is -4.95. The number of carbonyl (C=O) groups excluding carboxylic acids is 1. The molecule has 6 nitrogen and oxygen atoms in total. The van der Waals surface area contributed by atoms with Crippen LogP contribution >= 0.6 is 0 Å². The van der Waals surface area contributed by atoms with E-state index in [0.717, 1.165) is 6.07 Å². The number of rotatable bonds is 3. The highest BCUT2D eigenvalue weighted by Gasteiger charge is 2.38. The number of nitro groups is 1. The maximum atomic E-state index is 12.9. The maximum Gasteiger partial charge on any atom is 0.423 e. The van der Waals surface area contributed by atoms with Crippen LogP contribution in [0.5, 0.6) is 5.75 Å². The molecule has 0 radical (unpaired) electrons. The normalized spacial score (nSPS) is 11.1. The molecule has 0 aliphatic heterocycles. The number of halogens is 3. The number of benzene rings is 2.